The van der Waals surface area contributed by atoms with E-state index >= 15 is 0 Å². The number of H-pyrrole nitrogens is 2. The van der Waals surface area contributed by atoms with Crippen LogP contribution in [-0.4, -0.2) is 58.8 Å². The number of rotatable bonds is 7. The average Bonchev–Trinajstić information content (AvgIpc) is 2.91. The van der Waals surface area contributed by atoms with Crippen LogP contribution in [0, 0.1) is 0 Å². The predicted molar refractivity (Wildman–Crippen MR) is 139 cm³/mol. The molecule has 36 heavy (non-hydrogen) atoms. The topological polar surface area (TPSA) is 106 Å². The molecule has 182 valence electrons. The summed E-state index contributed by atoms with van der Waals surface area (Å²) >= 11 is 0. The molecule has 8 nitrogen and oxygen atoms in total. The fourth-order valence-electron chi connectivity index (χ4n) is 3.77. The summed E-state index contributed by atoms with van der Waals surface area (Å²) in [6.07, 6.45) is 0. The van der Waals surface area contributed by atoms with E-state index in [1.54, 1.807) is 26.2 Å². The number of nitrogens with one attached hydrogen (secondary N) is 2. The minimum Gasteiger partial charge on any atom is -0.340 e. The maximum atomic E-state index is 12.8. The van der Waals surface area contributed by atoms with Gasteiger partial charge in [-0.3, -0.25) is 19.2 Å². The summed E-state index contributed by atoms with van der Waals surface area (Å²) in [4.78, 5) is 59.0. The minimum atomic E-state index is -0.484. The zero-order chi connectivity index (χ0) is 25.7. The standard InChI is InChI=1S/C28H26N4O4/c1-31(27(35)21-13-15-23(29-25(21)33)19-9-5-3-6-10-19)17-18-32(2)28(36)22-14-16-24(30-26(22)34)20-11-7-4-8-12-20/h3-16H,17-18H2,1-2H3,(H,29,33)(H,30,34). The van der Waals surface area contributed by atoms with E-state index < -0.39 is 22.9 Å². The zero-order valence-electron chi connectivity index (χ0n) is 20.0. The summed E-state index contributed by atoms with van der Waals surface area (Å²) in [5, 5.41) is 0. The number of likely N-dealkylation sites (N-methyl/N-ethyl adjacent to an activating group) is 2. The fraction of sp³-hybridized carbons (Fsp3) is 0.143. The lowest BCUT2D eigenvalue weighted by molar-refractivity contribution is 0.0717. The molecule has 2 heterocycles. The molecule has 0 radical (unpaired) electrons. The molecule has 4 aromatic rings. The monoisotopic (exact) mass is 482 g/mol. The molecular weight excluding hydrogens is 456 g/mol. The summed E-state index contributed by atoms with van der Waals surface area (Å²) in [7, 11) is 3.12. The van der Waals surface area contributed by atoms with Gasteiger partial charge in [0.25, 0.3) is 22.9 Å². The van der Waals surface area contributed by atoms with Crippen LogP contribution in [0.5, 0.6) is 0 Å². The first-order valence-electron chi connectivity index (χ1n) is 11.4. The van der Waals surface area contributed by atoms with Gasteiger partial charge >= 0.3 is 0 Å². The van der Waals surface area contributed by atoms with Gasteiger partial charge in [0.15, 0.2) is 0 Å². The average molecular weight is 483 g/mol. The van der Waals surface area contributed by atoms with Crippen LogP contribution >= 0.6 is 0 Å². The van der Waals surface area contributed by atoms with Crippen molar-refractivity contribution < 1.29 is 9.59 Å². The number of aromatic amines is 2. The van der Waals surface area contributed by atoms with Crippen LogP contribution in [0.2, 0.25) is 0 Å². The van der Waals surface area contributed by atoms with Crippen LogP contribution in [0.1, 0.15) is 20.7 Å². The molecule has 2 aromatic carbocycles. The lowest BCUT2D eigenvalue weighted by Crippen LogP contribution is -2.40. The van der Waals surface area contributed by atoms with Gasteiger partial charge < -0.3 is 19.8 Å². The van der Waals surface area contributed by atoms with E-state index in [1.807, 2.05) is 60.7 Å². The largest absolute Gasteiger partial charge is 0.340 e. The molecule has 0 saturated heterocycles. The molecule has 8 heteroatoms. The second-order valence-electron chi connectivity index (χ2n) is 8.42. The molecule has 0 atom stereocenters. The van der Waals surface area contributed by atoms with E-state index in [9.17, 15) is 19.2 Å². The normalized spacial score (nSPS) is 10.6. The van der Waals surface area contributed by atoms with Crippen molar-refractivity contribution in [2.45, 2.75) is 0 Å². The summed E-state index contributed by atoms with van der Waals surface area (Å²) in [6, 6.07) is 25.1. The van der Waals surface area contributed by atoms with Gasteiger partial charge in [0.1, 0.15) is 11.1 Å². The zero-order valence-corrected chi connectivity index (χ0v) is 20.0. The van der Waals surface area contributed by atoms with Gasteiger partial charge in [0.2, 0.25) is 0 Å². The quantitative estimate of drug-likeness (QED) is 0.422. The molecule has 0 spiro atoms. The number of hydrogen-bond acceptors (Lipinski definition) is 4. The number of nitrogens with zero attached hydrogens (tertiary/aromatic N) is 2. The predicted octanol–water partition coefficient (Wildman–Crippen LogP) is 3.24. The van der Waals surface area contributed by atoms with Crippen molar-refractivity contribution in [1.29, 1.82) is 0 Å². The van der Waals surface area contributed by atoms with Gasteiger partial charge in [-0.15, -0.1) is 0 Å². The van der Waals surface area contributed by atoms with Crippen molar-refractivity contribution in [2.75, 3.05) is 27.2 Å². The molecule has 4 rings (SSSR count). The molecule has 2 amide bonds. The highest BCUT2D eigenvalue weighted by Crippen LogP contribution is 2.16. The molecular formula is C28H26N4O4. The van der Waals surface area contributed by atoms with Gasteiger partial charge in [-0.05, 0) is 35.4 Å². The number of amides is 2. The highest BCUT2D eigenvalue weighted by atomic mass is 16.2. The Hall–Kier alpha value is -4.72. The molecule has 0 unspecified atom stereocenters. The third-order valence-corrected chi connectivity index (χ3v) is 5.91. The Balaban J connectivity index is 1.39. The van der Waals surface area contributed by atoms with Crippen LogP contribution in [-0.2, 0) is 0 Å². The summed E-state index contributed by atoms with van der Waals surface area (Å²) in [5.74, 6) is -0.913. The van der Waals surface area contributed by atoms with E-state index in [1.165, 1.54) is 21.9 Å². The molecule has 0 bridgehead atoms. The number of pyridine rings is 2. The van der Waals surface area contributed by atoms with E-state index in [4.69, 9.17) is 0 Å². The van der Waals surface area contributed by atoms with Gasteiger partial charge in [-0.2, -0.15) is 0 Å². The number of benzene rings is 2. The van der Waals surface area contributed by atoms with Gasteiger partial charge in [-0.25, -0.2) is 0 Å². The number of aromatic nitrogens is 2. The first-order chi connectivity index (χ1) is 17.3. The second kappa shape index (κ2) is 10.7. The molecule has 2 aromatic heterocycles. The molecule has 0 aliphatic carbocycles. The first-order valence-corrected chi connectivity index (χ1v) is 11.4. The highest BCUT2D eigenvalue weighted by Gasteiger charge is 2.20. The van der Waals surface area contributed by atoms with Crippen molar-refractivity contribution in [3.05, 3.63) is 117 Å². The van der Waals surface area contributed by atoms with Crippen LogP contribution < -0.4 is 11.1 Å². The third kappa shape index (κ3) is 5.33. The Morgan fingerprint density at radius 1 is 0.583 bits per heavy atom. The smallest absolute Gasteiger partial charge is 0.261 e. The van der Waals surface area contributed by atoms with Crippen molar-refractivity contribution >= 4 is 11.8 Å². The Kier molecular flexibility index (Phi) is 7.25. The van der Waals surface area contributed by atoms with Crippen molar-refractivity contribution in [3.8, 4) is 22.5 Å². The number of hydrogen-bond donors (Lipinski definition) is 2. The molecule has 0 aliphatic rings. The fourth-order valence-corrected chi connectivity index (χ4v) is 3.77. The second-order valence-corrected chi connectivity index (χ2v) is 8.42. The Labute approximate surface area is 207 Å². The van der Waals surface area contributed by atoms with E-state index in [0.717, 1.165) is 11.1 Å². The van der Waals surface area contributed by atoms with E-state index in [2.05, 4.69) is 9.97 Å². The minimum absolute atomic E-state index is 0.0131. The number of carbonyl (C=O) groups is 2. The van der Waals surface area contributed by atoms with Crippen LogP contribution in [0.4, 0.5) is 0 Å². The van der Waals surface area contributed by atoms with E-state index in [-0.39, 0.29) is 24.2 Å². The lowest BCUT2D eigenvalue weighted by Gasteiger charge is -2.22. The van der Waals surface area contributed by atoms with Crippen molar-refractivity contribution in [3.63, 3.8) is 0 Å². The SMILES string of the molecule is CN(CCN(C)C(=O)c1ccc(-c2ccccc2)[nH]c1=O)C(=O)c1ccc(-c2ccccc2)[nH]c1=O. The lowest BCUT2D eigenvalue weighted by atomic mass is 10.1. The molecule has 0 saturated carbocycles. The molecule has 0 fully saturated rings. The Morgan fingerprint density at radius 3 is 1.28 bits per heavy atom. The summed E-state index contributed by atoms with van der Waals surface area (Å²) in [6.45, 7) is 0.363. The highest BCUT2D eigenvalue weighted by molar-refractivity contribution is 5.95. The van der Waals surface area contributed by atoms with Crippen molar-refractivity contribution in [2.24, 2.45) is 0 Å². The maximum absolute atomic E-state index is 12.8. The molecule has 2 N–H and O–H groups in total. The Morgan fingerprint density at radius 2 is 0.944 bits per heavy atom. The Bertz CT molecular complexity index is 1380. The van der Waals surface area contributed by atoms with Gasteiger partial charge in [0, 0.05) is 38.6 Å². The summed E-state index contributed by atoms with van der Waals surface area (Å²) in [5.41, 5.74) is 1.98. The van der Waals surface area contributed by atoms with Gasteiger partial charge in [0.05, 0.1) is 0 Å². The third-order valence-electron chi connectivity index (χ3n) is 5.91. The van der Waals surface area contributed by atoms with E-state index in [0.29, 0.717) is 11.4 Å². The van der Waals surface area contributed by atoms with Crippen LogP contribution in [0.25, 0.3) is 22.5 Å². The molecule has 0 aliphatic heterocycles. The number of carbonyl (C=O) groups excluding carboxylic acids is 2. The van der Waals surface area contributed by atoms with Crippen molar-refractivity contribution in [1.82, 2.24) is 19.8 Å². The summed E-state index contributed by atoms with van der Waals surface area (Å²) < 4.78 is 0. The van der Waals surface area contributed by atoms with Gasteiger partial charge in [-0.1, -0.05) is 60.7 Å². The van der Waals surface area contributed by atoms with Crippen LogP contribution in [0.15, 0.2) is 94.5 Å². The van der Waals surface area contributed by atoms with Crippen LogP contribution in [0.3, 0.4) is 0 Å². The first kappa shape index (κ1) is 24.4. The maximum Gasteiger partial charge on any atom is 0.261 e.